The first kappa shape index (κ1) is 44.0. The Kier molecular flexibility index (Phi) is 13.4. The molecular formula is C46H62N10O6. The highest BCUT2D eigenvalue weighted by Crippen LogP contribution is 2.36. The van der Waals surface area contributed by atoms with Crippen LogP contribution in [-0.2, 0) is 33.2 Å². The first-order chi connectivity index (χ1) is 29.8. The molecule has 2 aromatic heterocycles. The van der Waals surface area contributed by atoms with Crippen LogP contribution in [0.2, 0.25) is 0 Å². The topological polar surface area (TPSA) is 159 Å². The van der Waals surface area contributed by atoms with Crippen LogP contribution in [0.1, 0.15) is 77.1 Å². The summed E-state index contributed by atoms with van der Waals surface area (Å²) < 4.78 is 13.8. The summed E-state index contributed by atoms with van der Waals surface area (Å²) in [4.78, 5) is 69.6. The van der Waals surface area contributed by atoms with Crippen LogP contribution in [0.4, 0.5) is 21.0 Å². The van der Waals surface area contributed by atoms with Crippen LogP contribution >= 0.6 is 0 Å². The fourth-order valence-electron chi connectivity index (χ4n) is 9.27. The van der Waals surface area contributed by atoms with Gasteiger partial charge in [0.05, 0.1) is 50.1 Å². The standard InChI is InChI=1S/C46H62N10O6/c1-29(2)39(49-45(59)61-7)43(57)55-21-9-11-35(55)41-47-27-37(51(41)5)31-13-17-33(18-14-31)53-23-25-54(26-24-53)34-19-15-32(16-20-34)38-28-48-42(52(38)6)36-12-10-22-56(36)44(58)40(30(3)4)50-46(60)62-8/h13-20,27-30,35-36,39-40H,9-12,21-26H2,1-8H3,(H,49,59)(H,50,60). The molecule has 5 heterocycles. The van der Waals surface area contributed by atoms with Crippen molar-refractivity contribution in [3.05, 3.63) is 72.6 Å². The van der Waals surface area contributed by atoms with Crippen LogP contribution in [0.15, 0.2) is 60.9 Å². The van der Waals surface area contributed by atoms with E-state index in [1.54, 1.807) is 0 Å². The van der Waals surface area contributed by atoms with Gasteiger partial charge < -0.3 is 48.8 Å². The molecule has 0 saturated carbocycles. The smallest absolute Gasteiger partial charge is 0.407 e. The number of aromatic nitrogens is 4. The van der Waals surface area contributed by atoms with E-state index in [-0.39, 0.29) is 35.7 Å². The molecule has 16 heteroatoms. The minimum Gasteiger partial charge on any atom is -0.453 e. The molecule has 3 saturated heterocycles. The predicted octanol–water partition coefficient (Wildman–Crippen LogP) is 5.90. The zero-order valence-corrected chi connectivity index (χ0v) is 37.3. The van der Waals surface area contributed by atoms with Crippen molar-refractivity contribution in [1.29, 1.82) is 0 Å². The summed E-state index contributed by atoms with van der Waals surface area (Å²) in [5.74, 6) is 1.24. The number of anilines is 2. The van der Waals surface area contributed by atoms with Crippen molar-refractivity contribution in [2.75, 3.05) is 63.3 Å². The van der Waals surface area contributed by atoms with E-state index >= 15 is 0 Å². The van der Waals surface area contributed by atoms with E-state index in [4.69, 9.17) is 19.4 Å². The van der Waals surface area contributed by atoms with Crippen LogP contribution in [-0.4, -0.2) is 118 Å². The number of carbonyl (C=O) groups is 4. The minimum absolute atomic E-state index is 0.0959. The van der Waals surface area contributed by atoms with Gasteiger partial charge in [0.15, 0.2) is 0 Å². The number of rotatable bonds is 12. The molecule has 4 amide bonds. The summed E-state index contributed by atoms with van der Waals surface area (Å²) in [6.45, 7) is 12.5. The van der Waals surface area contributed by atoms with Gasteiger partial charge in [0.25, 0.3) is 0 Å². The number of hydrogen-bond acceptors (Lipinski definition) is 10. The third-order valence-electron chi connectivity index (χ3n) is 12.8. The van der Waals surface area contributed by atoms with Gasteiger partial charge in [-0.25, -0.2) is 19.6 Å². The van der Waals surface area contributed by atoms with Crippen molar-refractivity contribution in [2.45, 2.75) is 77.5 Å². The molecule has 0 aliphatic carbocycles. The molecule has 16 nitrogen and oxygen atoms in total. The number of amides is 4. The van der Waals surface area contributed by atoms with Gasteiger partial charge in [0.1, 0.15) is 23.7 Å². The second kappa shape index (κ2) is 18.9. The first-order valence-corrected chi connectivity index (χ1v) is 21.8. The number of nitrogens with one attached hydrogen (secondary N) is 2. The van der Waals surface area contributed by atoms with Crippen molar-refractivity contribution >= 4 is 35.4 Å². The molecule has 332 valence electrons. The SMILES string of the molecule is COC(=O)NC(C(=O)N1CCCC1c1ncc(-c2ccc(N3CCN(c4ccc(-c5cnc(C6CCCN6C(=O)C(NC(=O)OC)C(C)C)n5C)cc4)CC3)cc2)n1C)C(C)C. The summed E-state index contributed by atoms with van der Waals surface area (Å²) in [7, 11) is 6.61. The minimum atomic E-state index is -0.677. The number of ether oxygens (including phenoxy) is 2. The normalized spacial score (nSPS) is 18.9. The molecule has 0 bridgehead atoms. The average molecular weight is 851 g/mol. The van der Waals surface area contributed by atoms with Crippen molar-refractivity contribution in [3.63, 3.8) is 0 Å². The third-order valence-corrected chi connectivity index (χ3v) is 12.8. The number of piperazine rings is 1. The molecule has 2 aromatic carbocycles. The first-order valence-electron chi connectivity index (χ1n) is 21.8. The molecule has 4 unspecified atom stereocenters. The Morgan fingerprint density at radius 3 is 1.26 bits per heavy atom. The van der Waals surface area contributed by atoms with Gasteiger partial charge in [-0.2, -0.15) is 0 Å². The Labute approximate surface area is 364 Å². The van der Waals surface area contributed by atoms with E-state index in [0.717, 1.165) is 86.0 Å². The zero-order chi connectivity index (χ0) is 44.2. The van der Waals surface area contributed by atoms with E-state index < -0.39 is 24.3 Å². The lowest BCUT2D eigenvalue weighted by atomic mass is 10.0. The summed E-state index contributed by atoms with van der Waals surface area (Å²) in [5.41, 5.74) is 6.42. The predicted molar refractivity (Wildman–Crippen MR) is 237 cm³/mol. The molecule has 3 fully saturated rings. The maximum atomic E-state index is 13.7. The van der Waals surface area contributed by atoms with Crippen molar-refractivity contribution < 1.29 is 28.7 Å². The second-order valence-electron chi connectivity index (χ2n) is 17.3. The van der Waals surface area contributed by atoms with Crippen molar-refractivity contribution in [1.82, 2.24) is 39.5 Å². The van der Waals surface area contributed by atoms with E-state index in [9.17, 15) is 19.2 Å². The van der Waals surface area contributed by atoms with Gasteiger partial charge in [-0.3, -0.25) is 9.59 Å². The quantitative estimate of drug-likeness (QED) is 0.176. The molecule has 0 spiro atoms. The van der Waals surface area contributed by atoms with Crippen LogP contribution in [0.5, 0.6) is 0 Å². The molecular weight excluding hydrogens is 789 g/mol. The number of likely N-dealkylation sites (tertiary alicyclic amines) is 2. The highest BCUT2D eigenvalue weighted by Gasteiger charge is 2.40. The molecule has 0 radical (unpaired) electrons. The fraction of sp³-hybridized carbons (Fsp3) is 0.522. The summed E-state index contributed by atoms with van der Waals surface area (Å²) in [5, 5.41) is 5.45. The monoisotopic (exact) mass is 850 g/mol. The highest BCUT2D eigenvalue weighted by molar-refractivity contribution is 5.87. The molecule has 3 aliphatic rings. The Hall–Kier alpha value is -6.06. The van der Waals surface area contributed by atoms with E-state index in [2.05, 4.69) is 78.1 Å². The Morgan fingerprint density at radius 2 is 0.935 bits per heavy atom. The summed E-state index contributed by atoms with van der Waals surface area (Å²) in [6, 6.07) is 15.6. The number of imidazole rings is 2. The number of nitrogens with zero attached hydrogens (tertiary/aromatic N) is 8. The van der Waals surface area contributed by atoms with E-state index in [1.807, 2.05) is 64.0 Å². The van der Waals surface area contributed by atoms with Crippen LogP contribution in [0.25, 0.3) is 22.5 Å². The Morgan fingerprint density at radius 1 is 0.581 bits per heavy atom. The fourth-order valence-corrected chi connectivity index (χ4v) is 9.27. The van der Waals surface area contributed by atoms with Crippen LogP contribution in [0.3, 0.4) is 0 Å². The number of alkyl carbamates (subject to hydrolysis) is 2. The van der Waals surface area contributed by atoms with Gasteiger partial charge >= 0.3 is 12.2 Å². The molecule has 7 rings (SSSR count). The number of hydrogen-bond donors (Lipinski definition) is 2. The molecule has 62 heavy (non-hydrogen) atoms. The van der Waals surface area contributed by atoms with Crippen molar-refractivity contribution in [2.24, 2.45) is 25.9 Å². The lowest BCUT2D eigenvalue weighted by Gasteiger charge is -2.37. The number of carbonyl (C=O) groups excluding carboxylic acids is 4. The van der Waals surface area contributed by atoms with Crippen LogP contribution in [0, 0.1) is 11.8 Å². The zero-order valence-electron chi connectivity index (χ0n) is 37.3. The molecule has 2 N–H and O–H groups in total. The molecule has 3 aliphatic heterocycles. The van der Waals surface area contributed by atoms with E-state index in [1.165, 1.54) is 25.6 Å². The van der Waals surface area contributed by atoms with Gasteiger partial charge in [0, 0.05) is 64.7 Å². The maximum absolute atomic E-state index is 13.7. The Bertz CT molecular complexity index is 2050. The third kappa shape index (κ3) is 8.95. The lowest BCUT2D eigenvalue weighted by molar-refractivity contribution is -0.136. The van der Waals surface area contributed by atoms with Gasteiger partial charge in [-0.1, -0.05) is 52.0 Å². The van der Waals surface area contributed by atoms with Crippen LogP contribution < -0.4 is 20.4 Å². The summed E-state index contributed by atoms with van der Waals surface area (Å²) >= 11 is 0. The average Bonchev–Trinajstić information content (AvgIpc) is 4.11. The largest absolute Gasteiger partial charge is 0.453 e. The molecule has 4 aromatic rings. The number of methoxy groups -OCH3 is 2. The lowest BCUT2D eigenvalue weighted by Crippen LogP contribution is -2.51. The van der Waals surface area contributed by atoms with E-state index in [0.29, 0.717) is 13.1 Å². The van der Waals surface area contributed by atoms with Gasteiger partial charge in [-0.05, 0) is 72.9 Å². The maximum Gasteiger partial charge on any atom is 0.407 e. The highest BCUT2D eigenvalue weighted by atomic mass is 16.5. The van der Waals surface area contributed by atoms with Crippen molar-refractivity contribution in [3.8, 4) is 22.5 Å². The summed E-state index contributed by atoms with van der Waals surface area (Å²) in [6.07, 6.45) is 5.90. The molecule has 4 atom stereocenters. The Balaban J connectivity index is 0.955. The second-order valence-corrected chi connectivity index (χ2v) is 17.3. The number of benzene rings is 2. The van der Waals surface area contributed by atoms with Gasteiger partial charge in [-0.15, -0.1) is 0 Å². The van der Waals surface area contributed by atoms with Gasteiger partial charge in [0.2, 0.25) is 11.8 Å².